The molecule has 0 aliphatic heterocycles. The van der Waals surface area contributed by atoms with Crippen LogP contribution >= 0.6 is 22.6 Å². The summed E-state index contributed by atoms with van der Waals surface area (Å²) in [5.74, 6) is 0. The Morgan fingerprint density at radius 2 is 1.81 bits per heavy atom. The second-order valence-corrected chi connectivity index (χ2v) is 6.60. The largest absolute Gasteiger partial charge is 0.313 e. The molecule has 0 spiro atoms. The van der Waals surface area contributed by atoms with Crippen molar-refractivity contribution in [1.29, 1.82) is 0 Å². The van der Waals surface area contributed by atoms with E-state index in [0.29, 0.717) is 12.1 Å². The van der Waals surface area contributed by atoms with Crippen LogP contribution in [0.15, 0.2) is 36.5 Å². The van der Waals surface area contributed by atoms with Gasteiger partial charge in [-0.15, -0.1) is 0 Å². The quantitative estimate of drug-likeness (QED) is 0.704. The minimum atomic E-state index is 0.312. The van der Waals surface area contributed by atoms with Gasteiger partial charge in [-0.25, -0.2) is 0 Å². The first-order valence-corrected chi connectivity index (χ1v) is 8.72. The highest BCUT2D eigenvalue weighted by Crippen LogP contribution is 2.20. The lowest BCUT2D eigenvalue weighted by atomic mass is 10.0. The highest BCUT2D eigenvalue weighted by atomic mass is 127. The van der Waals surface area contributed by atoms with Crippen molar-refractivity contribution in [2.45, 2.75) is 45.2 Å². The zero-order chi connectivity index (χ0) is 15.2. The van der Waals surface area contributed by atoms with Gasteiger partial charge in [0.05, 0.1) is 11.7 Å². The Bertz CT molecular complexity index is 543. The number of hydrogen-bond acceptors (Lipinski definition) is 2. The van der Waals surface area contributed by atoms with Crippen LogP contribution in [-0.4, -0.2) is 16.8 Å². The zero-order valence-corrected chi connectivity index (χ0v) is 15.2. The molecule has 0 aliphatic carbocycles. The van der Waals surface area contributed by atoms with Crippen LogP contribution in [0.4, 0.5) is 0 Å². The average Bonchev–Trinajstić information content (AvgIpc) is 2.96. The summed E-state index contributed by atoms with van der Waals surface area (Å²) in [5.41, 5.74) is 2.47. The van der Waals surface area contributed by atoms with Gasteiger partial charge < -0.3 is 5.32 Å². The predicted octanol–water partition coefficient (Wildman–Crippen LogP) is 4.35. The Hall–Kier alpha value is -0.880. The fourth-order valence-corrected chi connectivity index (χ4v) is 3.00. The second kappa shape index (κ2) is 7.94. The van der Waals surface area contributed by atoms with Crippen molar-refractivity contribution in [3.63, 3.8) is 0 Å². The third-order valence-electron chi connectivity index (χ3n) is 4.01. The van der Waals surface area contributed by atoms with Crippen LogP contribution in [0.3, 0.4) is 0 Å². The summed E-state index contributed by atoms with van der Waals surface area (Å²) in [4.78, 5) is 0. The van der Waals surface area contributed by atoms with E-state index in [9.17, 15) is 0 Å². The maximum atomic E-state index is 4.76. The van der Waals surface area contributed by atoms with Crippen LogP contribution in [-0.2, 0) is 6.42 Å². The first-order chi connectivity index (χ1) is 10.2. The van der Waals surface area contributed by atoms with Crippen LogP contribution in [0.5, 0.6) is 0 Å². The van der Waals surface area contributed by atoms with Crippen molar-refractivity contribution in [3.8, 4) is 0 Å². The van der Waals surface area contributed by atoms with Gasteiger partial charge in [-0.2, -0.15) is 5.10 Å². The summed E-state index contributed by atoms with van der Waals surface area (Å²) in [6, 6.07) is 11.7. The molecule has 0 aliphatic rings. The topological polar surface area (TPSA) is 29.9 Å². The van der Waals surface area contributed by atoms with E-state index in [1.54, 1.807) is 0 Å². The van der Waals surface area contributed by atoms with Crippen molar-refractivity contribution in [1.82, 2.24) is 15.1 Å². The number of nitrogens with zero attached hydrogens (tertiary/aromatic N) is 2. The second-order valence-electron chi connectivity index (χ2n) is 5.35. The van der Waals surface area contributed by atoms with Gasteiger partial charge in [-0.3, -0.25) is 4.68 Å². The molecule has 0 bridgehead atoms. The molecule has 1 unspecified atom stereocenters. The molecule has 1 heterocycles. The van der Waals surface area contributed by atoms with Gasteiger partial charge in [-0.05, 0) is 66.2 Å². The van der Waals surface area contributed by atoms with Crippen LogP contribution < -0.4 is 5.32 Å². The number of hydrogen-bond donors (Lipinski definition) is 1. The predicted molar refractivity (Wildman–Crippen MR) is 96.5 cm³/mol. The van der Waals surface area contributed by atoms with E-state index in [1.807, 2.05) is 7.05 Å². The van der Waals surface area contributed by atoms with Gasteiger partial charge in [0.15, 0.2) is 0 Å². The minimum Gasteiger partial charge on any atom is -0.313 e. The molecule has 4 heteroatoms. The maximum absolute atomic E-state index is 4.76. The molecule has 0 saturated carbocycles. The number of benzene rings is 1. The molecular formula is C17H24IN3. The van der Waals surface area contributed by atoms with E-state index >= 15 is 0 Å². The molecule has 0 saturated heterocycles. The summed E-state index contributed by atoms with van der Waals surface area (Å²) in [7, 11) is 2.01. The van der Waals surface area contributed by atoms with E-state index in [4.69, 9.17) is 5.10 Å². The van der Waals surface area contributed by atoms with Gasteiger partial charge >= 0.3 is 0 Å². The van der Waals surface area contributed by atoms with Gasteiger partial charge in [0.25, 0.3) is 0 Å². The van der Waals surface area contributed by atoms with Crippen molar-refractivity contribution in [2.24, 2.45) is 0 Å². The number of halogens is 1. The van der Waals surface area contributed by atoms with E-state index in [0.717, 1.165) is 25.0 Å². The monoisotopic (exact) mass is 397 g/mol. The highest BCUT2D eigenvalue weighted by molar-refractivity contribution is 14.1. The lowest BCUT2D eigenvalue weighted by Crippen LogP contribution is -2.19. The van der Waals surface area contributed by atoms with Crippen LogP contribution in [0, 0.1) is 3.57 Å². The molecular weight excluding hydrogens is 373 g/mol. The van der Waals surface area contributed by atoms with Crippen LogP contribution in [0.2, 0.25) is 0 Å². The molecule has 2 rings (SSSR count). The summed E-state index contributed by atoms with van der Waals surface area (Å²) < 4.78 is 3.39. The fraction of sp³-hybridized carbons (Fsp3) is 0.471. The fourth-order valence-electron chi connectivity index (χ4n) is 2.64. The Balaban J connectivity index is 2.10. The molecule has 0 fully saturated rings. The zero-order valence-electron chi connectivity index (χ0n) is 13.0. The van der Waals surface area contributed by atoms with Gasteiger partial charge in [-0.1, -0.05) is 26.0 Å². The smallest absolute Gasteiger partial charge is 0.0643 e. The number of likely N-dealkylation sites (N-methyl/N-ethyl adjacent to an activating group) is 1. The van der Waals surface area contributed by atoms with E-state index in [2.05, 4.69) is 83.0 Å². The minimum absolute atomic E-state index is 0.312. The number of nitrogens with one attached hydrogen (secondary N) is 1. The standard InChI is InChI=1S/C17H24IN3/c1-4-16(5-2)21-11-10-15(20-21)12-17(19-3)13-6-8-14(18)9-7-13/h6-11,16-17,19H,4-5,12H2,1-3H3. The Morgan fingerprint density at radius 3 is 2.38 bits per heavy atom. The first kappa shape index (κ1) is 16.5. The molecule has 2 aromatic rings. The Morgan fingerprint density at radius 1 is 1.14 bits per heavy atom. The number of aromatic nitrogens is 2. The normalized spacial score (nSPS) is 12.8. The maximum Gasteiger partial charge on any atom is 0.0643 e. The average molecular weight is 397 g/mol. The Labute approximate surface area is 141 Å². The lowest BCUT2D eigenvalue weighted by molar-refractivity contribution is 0.423. The third kappa shape index (κ3) is 4.30. The molecule has 114 valence electrons. The third-order valence-corrected chi connectivity index (χ3v) is 4.73. The Kier molecular flexibility index (Phi) is 6.23. The van der Waals surface area contributed by atoms with E-state index in [1.165, 1.54) is 9.13 Å². The summed E-state index contributed by atoms with van der Waals surface area (Å²) in [5, 5.41) is 8.16. The van der Waals surface area contributed by atoms with Crippen molar-refractivity contribution in [3.05, 3.63) is 51.4 Å². The highest BCUT2D eigenvalue weighted by Gasteiger charge is 2.13. The molecule has 1 atom stereocenters. The summed E-state index contributed by atoms with van der Waals surface area (Å²) in [6.07, 6.45) is 5.30. The van der Waals surface area contributed by atoms with Crippen molar-refractivity contribution < 1.29 is 0 Å². The van der Waals surface area contributed by atoms with Crippen LogP contribution in [0.1, 0.15) is 50.0 Å². The molecule has 21 heavy (non-hydrogen) atoms. The van der Waals surface area contributed by atoms with Crippen molar-refractivity contribution in [2.75, 3.05) is 7.05 Å². The van der Waals surface area contributed by atoms with E-state index in [-0.39, 0.29) is 0 Å². The summed E-state index contributed by atoms with van der Waals surface area (Å²) >= 11 is 2.34. The first-order valence-electron chi connectivity index (χ1n) is 7.64. The molecule has 1 aromatic heterocycles. The SMILES string of the molecule is CCC(CC)n1ccc(CC(NC)c2ccc(I)cc2)n1. The molecule has 0 radical (unpaired) electrons. The van der Waals surface area contributed by atoms with Crippen molar-refractivity contribution >= 4 is 22.6 Å². The summed E-state index contributed by atoms with van der Waals surface area (Å²) in [6.45, 7) is 4.44. The lowest BCUT2D eigenvalue weighted by Gasteiger charge is -2.16. The molecule has 1 N–H and O–H groups in total. The van der Waals surface area contributed by atoms with Gasteiger partial charge in [0, 0.05) is 22.2 Å². The van der Waals surface area contributed by atoms with Gasteiger partial charge in [0.2, 0.25) is 0 Å². The molecule has 1 aromatic carbocycles. The molecule has 0 amide bonds. The van der Waals surface area contributed by atoms with Gasteiger partial charge in [0.1, 0.15) is 0 Å². The number of rotatable bonds is 7. The van der Waals surface area contributed by atoms with E-state index < -0.39 is 0 Å². The van der Waals surface area contributed by atoms with Crippen LogP contribution in [0.25, 0.3) is 0 Å². The molecule has 3 nitrogen and oxygen atoms in total.